The van der Waals surface area contributed by atoms with Crippen molar-refractivity contribution in [2.75, 3.05) is 17.7 Å². The van der Waals surface area contributed by atoms with Crippen LogP contribution in [0.25, 0.3) is 0 Å². The first kappa shape index (κ1) is 27.6. The van der Waals surface area contributed by atoms with Gasteiger partial charge in [0.15, 0.2) is 11.6 Å². The second-order valence-electron chi connectivity index (χ2n) is 10.3. The summed E-state index contributed by atoms with van der Waals surface area (Å²) in [5.41, 5.74) is 1.90. The van der Waals surface area contributed by atoms with Gasteiger partial charge in [-0.05, 0) is 79.7 Å². The second-order valence-corrected chi connectivity index (χ2v) is 12.9. The standard InChI is InChI=1S/C27H28F2N8O2S2/c1-36(22-13-20-5-6-21(14-22)37(20)15-19-16-40-35-34-19)41(38,39)23-7-2-17(3-8-23)32-27-30-11-10-26(33-27)31-18-4-9-24(28)25(29)12-18/h2-4,7-12,16,20-22H,5-6,13-15H2,1H3,(H2,30,31,32,33). The molecule has 2 aliphatic heterocycles. The largest absolute Gasteiger partial charge is 0.340 e. The number of rotatable bonds is 9. The van der Waals surface area contributed by atoms with E-state index in [0.717, 1.165) is 50.1 Å². The molecule has 0 aliphatic carbocycles. The van der Waals surface area contributed by atoms with Crippen LogP contribution in [0.15, 0.2) is 65.0 Å². The summed E-state index contributed by atoms with van der Waals surface area (Å²) in [6.45, 7) is 0.761. The van der Waals surface area contributed by atoms with E-state index in [4.69, 9.17) is 0 Å². The molecular formula is C27H28F2N8O2S2. The molecule has 0 amide bonds. The predicted octanol–water partition coefficient (Wildman–Crippen LogP) is 4.91. The van der Waals surface area contributed by atoms with E-state index >= 15 is 0 Å². The first-order chi connectivity index (χ1) is 19.8. The highest BCUT2D eigenvalue weighted by atomic mass is 32.2. The number of nitrogens with zero attached hydrogens (tertiary/aromatic N) is 6. The van der Waals surface area contributed by atoms with Crippen LogP contribution in [0.3, 0.4) is 0 Å². The predicted molar refractivity (Wildman–Crippen MR) is 152 cm³/mol. The molecular weight excluding hydrogens is 570 g/mol. The average molecular weight is 599 g/mol. The molecule has 41 heavy (non-hydrogen) atoms. The summed E-state index contributed by atoms with van der Waals surface area (Å²) in [4.78, 5) is 11.2. The van der Waals surface area contributed by atoms with Crippen LogP contribution in [0.4, 0.5) is 31.9 Å². The molecule has 2 aromatic heterocycles. The van der Waals surface area contributed by atoms with Crippen LogP contribution in [0, 0.1) is 11.6 Å². The molecule has 2 saturated heterocycles. The highest BCUT2D eigenvalue weighted by Gasteiger charge is 2.44. The SMILES string of the molecule is CN(C1CC2CCC(C1)N2Cc1csnn1)S(=O)(=O)c1ccc(Nc2nccc(Nc3ccc(F)c(F)c3)n2)cc1. The maximum Gasteiger partial charge on any atom is 0.243 e. The Morgan fingerprint density at radius 2 is 1.73 bits per heavy atom. The molecule has 2 unspecified atom stereocenters. The van der Waals surface area contributed by atoms with E-state index in [-0.39, 0.29) is 16.9 Å². The van der Waals surface area contributed by atoms with Crippen molar-refractivity contribution in [3.8, 4) is 0 Å². The molecule has 10 nitrogen and oxygen atoms in total. The average Bonchev–Trinajstić information content (AvgIpc) is 3.55. The molecule has 6 rings (SSSR count). The highest BCUT2D eigenvalue weighted by Crippen LogP contribution is 2.39. The van der Waals surface area contributed by atoms with E-state index in [1.165, 1.54) is 28.1 Å². The molecule has 14 heteroatoms. The topological polar surface area (TPSA) is 116 Å². The highest BCUT2D eigenvalue weighted by molar-refractivity contribution is 7.89. The minimum absolute atomic E-state index is 0.0710. The number of halogens is 2. The minimum atomic E-state index is -3.69. The molecule has 4 aromatic rings. The van der Waals surface area contributed by atoms with Gasteiger partial charge in [-0.25, -0.2) is 22.2 Å². The molecule has 2 atom stereocenters. The fourth-order valence-corrected chi connectivity index (χ4v) is 7.47. The zero-order chi connectivity index (χ0) is 28.6. The molecule has 2 aromatic carbocycles. The number of piperidine rings is 1. The number of sulfonamides is 1. The number of hydrogen-bond donors (Lipinski definition) is 2. The van der Waals surface area contributed by atoms with Crippen molar-refractivity contribution in [1.29, 1.82) is 0 Å². The smallest absolute Gasteiger partial charge is 0.243 e. The lowest BCUT2D eigenvalue weighted by Gasteiger charge is -2.41. The molecule has 4 heterocycles. The van der Waals surface area contributed by atoms with E-state index < -0.39 is 21.7 Å². The van der Waals surface area contributed by atoms with Crippen molar-refractivity contribution >= 4 is 44.7 Å². The van der Waals surface area contributed by atoms with Gasteiger partial charge < -0.3 is 10.6 Å². The Morgan fingerprint density at radius 1 is 1.00 bits per heavy atom. The molecule has 2 bridgehead atoms. The molecule has 2 aliphatic rings. The number of benzene rings is 2. The van der Waals surface area contributed by atoms with Crippen LogP contribution in [0.5, 0.6) is 0 Å². The van der Waals surface area contributed by atoms with Gasteiger partial charge in [-0.2, -0.15) is 9.29 Å². The molecule has 0 radical (unpaired) electrons. The Labute approximate surface area is 240 Å². The third-order valence-electron chi connectivity index (χ3n) is 7.76. The van der Waals surface area contributed by atoms with Gasteiger partial charge in [0.25, 0.3) is 0 Å². The third-order valence-corrected chi connectivity index (χ3v) is 10.2. The van der Waals surface area contributed by atoms with Crippen LogP contribution in [-0.4, -0.2) is 62.4 Å². The van der Waals surface area contributed by atoms with Crippen molar-refractivity contribution in [3.05, 3.63) is 77.4 Å². The quantitative estimate of drug-likeness (QED) is 0.277. The van der Waals surface area contributed by atoms with Crippen LogP contribution in [0.1, 0.15) is 31.4 Å². The second kappa shape index (κ2) is 11.4. The van der Waals surface area contributed by atoms with Crippen molar-refractivity contribution in [1.82, 2.24) is 28.8 Å². The first-order valence-corrected chi connectivity index (χ1v) is 15.5. The summed E-state index contributed by atoms with van der Waals surface area (Å²) < 4.78 is 59.3. The molecule has 2 N–H and O–H groups in total. The Morgan fingerprint density at radius 3 is 2.41 bits per heavy atom. The van der Waals surface area contributed by atoms with Gasteiger partial charge in [-0.15, -0.1) is 5.10 Å². The van der Waals surface area contributed by atoms with Crippen molar-refractivity contribution in [2.45, 2.75) is 55.2 Å². The maximum atomic E-state index is 13.5. The van der Waals surface area contributed by atoms with Gasteiger partial charge in [0.2, 0.25) is 16.0 Å². The van der Waals surface area contributed by atoms with E-state index in [9.17, 15) is 17.2 Å². The van der Waals surface area contributed by atoms with Crippen molar-refractivity contribution in [2.24, 2.45) is 0 Å². The van der Waals surface area contributed by atoms with Gasteiger partial charge in [0, 0.05) is 60.7 Å². The molecule has 214 valence electrons. The number of aromatic nitrogens is 4. The lowest BCUT2D eigenvalue weighted by molar-refractivity contribution is 0.0894. The van der Waals surface area contributed by atoms with Crippen LogP contribution < -0.4 is 10.6 Å². The summed E-state index contributed by atoms with van der Waals surface area (Å²) in [5.74, 6) is -1.28. The van der Waals surface area contributed by atoms with E-state index in [1.807, 2.05) is 5.38 Å². The number of nitrogens with one attached hydrogen (secondary N) is 2. The van der Waals surface area contributed by atoms with E-state index in [2.05, 4.69) is 35.1 Å². The monoisotopic (exact) mass is 598 g/mol. The number of anilines is 4. The fourth-order valence-electron chi connectivity index (χ4n) is 5.65. The summed E-state index contributed by atoms with van der Waals surface area (Å²) in [7, 11) is -2.02. The fraction of sp³-hybridized carbons (Fsp3) is 0.333. The van der Waals surface area contributed by atoms with Crippen LogP contribution >= 0.6 is 11.5 Å². The lowest BCUT2D eigenvalue weighted by Crippen LogP contribution is -2.50. The Kier molecular flexibility index (Phi) is 7.64. The summed E-state index contributed by atoms with van der Waals surface area (Å²) in [6, 6.07) is 12.1. The van der Waals surface area contributed by atoms with Gasteiger partial charge >= 0.3 is 0 Å². The van der Waals surface area contributed by atoms with Crippen LogP contribution in [0.2, 0.25) is 0 Å². The molecule has 0 spiro atoms. The van der Waals surface area contributed by atoms with Gasteiger partial charge in [-0.1, -0.05) is 4.49 Å². The van der Waals surface area contributed by atoms with Crippen molar-refractivity contribution < 1.29 is 17.2 Å². The maximum absolute atomic E-state index is 13.5. The first-order valence-electron chi connectivity index (χ1n) is 13.2. The van der Waals surface area contributed by atoms with Gasteiger partial charge in [0.05, 0.1) is 10.6 Å². The number of fused-ring (bicyclic) bond motifs is 2. The summed E-state index contributed by atoms with van der Waals surface area (Å²) in [5, 5.41) is 12.1. The normalized spacial score (nSPS) is 20.8. The van der Waals surface area contributed by atoms with E-state index in [1.54, 1.807) is 37.4 Å². The van der Waals surface area contributed by atoms with Crippen LogP contribution in [-0.2, 0) is 16.6 Å². The molecule has 2 fully saturated rings. The Hall–Kier alpha value is -3.59. The van der Waals surface area contributed by atoms with Gasteiger partial charge in [0.1, 0.15) is 5.82 Å². The summed E-state index contributed by atoms with van der Waals surface area (Å²) >= 11 is 1.35. The Balaban J connectivity index is 1.09. The zero-order valence-electron chi connectivity index (χ0n) is 22.1. The number of hydrogen-bond acceptors (Lipinski definition) is 10. The molecule has 0 saturated carbocycles. The zero-order valence-corrected chi connectivity index (χ0v) is 23.7. The third kappa shape index (κ3) is 5.91. The minimum Gasteiger partial charge on any atom is -0.340 e. The van der Waals surface area contributed by atoms with Crippen molar-refractivity contribution in [3.63, 3.8) is 0 Å². The van der Waals surface area contributed by atoms with Gasteiger partial charge in [-0.3, -0.25) is 4.90 Å². The Bertz CT molecular complexity index is 1610. The van der Waals surface area contributed by atoms with E-state index in [0.29, 0.717) is 29.3 Å². The summed E-state index contributed by atoms with van der Waals surface area (Å²) in [6.07, 6.45) is 5.21. The lowest BCUT2D eigenvalue weighted by atomic mass is 9.97.